The molecule has 0 heterocycles. The zero-order valence-corrected chi connectivity index (χ0v) is 16.8. The van der Waals surface area contributed by atoms with Crippen LogP contribution in [-0.2, 0) is 5.33 Å². The van der Waals surface area contributed by atoms with Gasteiger partial charge >= 0.3 is 0 Å². The van der Waals surface area contributed by atoms with E-state index in [2.05, 4.69) is 40.2 Å². The summed E-state index contributed by atoms with van der Waals surface area (Å²) in [5, 5.41) is 1.56. The molecule has 1 amide bonds. The Kier molecular flexibility index (Phi) is 6.19. The van der Waals surface area contributed by atoms with Crippen molar-refractivity contribution in [3.05, 3.63) is 70.2 Å². The molecule has 0 N–H and O–H groups in total. The number of carbonyl (C=O) groups is 1. The van der Waals surface area contributed by atoms with Crippen molar-refractivity contribution in [1.82, 2.24) is 4.90 Å². The molecule has 1 aliphatic rings. The molecule has 2 aromatic carbocycles. The largest absolute Gasteiger partial charge is 0.339 e. The lowest BCUT2D eigenvalue weighted by Gasteiger charge is -2.35. The lowest BCUT2D eigenvalue weighted by Crippen LogP contribution is -2.39. The van der Waals surface area contributed by atoms with Crippen molar-refractivity contribution in [2.75, 3.05) is 7.05 Å². The van der Waals surface area contributed by atoms with E-state index in [4.69, 9.17) is 11.6 Å². The number of benzene rings is 2. The molecule has 0 bridgehead atoms. The van der Waals surface area contributed by atoms with Crippen LogP contribution in [0.15, 0.2) is 48.5 Å². The minimum absolute atomic E-state index is 0.0850. The Labute approximate surface area is 163 Å². The molecular formula is C21H23BrClNO. The second kappa shape index (κ2) is 8.37. The summed E-state index contributed by atoms with van der Waals surface area (Å²) in [6.45, 7) is 0. The first-order chi connectivity index (χ1) is 12.1. The Balaban J connectivity index is 1.59. The van der Waals surface area contributed by atoms with Gasteiger partial charge in [0.1, 0.15) is 0 Å². The highest BCUT2D eigenvalue weighted by atomic mass is 79.9. The molecule has 2 nitrogen and oxygen atoms in total. The van der Waals surface area contributed by atoms with Gasteiger partial charge in [-0.25, -0.2) is 0 Å². The fourth-order valence-electron chi connectivity index (χ4n) is 3.64. The lowest BCUT2D eigenvalue weighted by molar-refractivity contribution is 0.0689. The first-order valence-corrected chi connectivity index (χ1v) is 10.3. The van der Waals surface area contributed by atoms with Crippen molar-refractivity contribution in [2.24, 2.45) is 0 Å². The highest BCUT2D eigenvalue weighted by molar-refractivity contribution is 9.08. The number of amides is 1. The molecule has 2 aromatic rings. The van der Waals surface area contributed by atoms with Crippen LogP contribution in [0.1, 0.15) is 53.1 Å². The molecule has 1 fully saturated rings. The van der Waals surface area contributed by atoms with E-state index >= 15 is 0 Å². The van der Waals surface area contributed by atoms with Crippen molar-refractivity contribution in [1.29, 1.82) is 0 Å². The minimum atomic E-state index is 0.0850. The Morgan fingerprint density at radius 2 is 1.64 bits per heavy atom. The molecule has 3 rings (SSSR count). The van der Waals surface area contributed by atoms with Crippen LogP contribution in [0.3, 0.4) is 0 Å². The monoisotopic (exact) mass is 419 g/mol. The standard InChI is InChI=1S/C21H23BrClNO/c1-24(21(25)18-6-10-19(23)11-7-18)20-12-8-17(9-13-20)16-4-2-15(14-22)3-5-16/h2-7,10-11,17,20H,8-9,12-14H2,1H3. The zero-order valence-electron chi connectivity index (χ0n) is 14.4. The van der Waals surface area contributed by atoms with Gasteiger partial charge in [-0.2, -0.15) is 0 Å². The maximum atomic E-state index is 12.7. The third-order valence-corrected chi connectivity index (χ3v) is 6.16. The molecule has 0 unspecified atom stereocenters. The van der Waals surface area contributed by atoms with Crippen LogP contribution in [0.5, 0.6) is 0 Å². The average Bonchev–Trinajstić information content (AvgIpc) is 2.67. The fraction of sp³-hybridized carbons (Fsp3) is 0.381. The Bertz CT molecular complexity index is 706. The number of rotatable bonds is 4. The quantitative estimate of drug-likeness (QED) is 0.553. The summed E-state index contributed by atoms with van der Waals surface area (Å²) in [7, 11) is 1.92. The van der Waals surface area contributed by atoms with Gasteiger partial charge < -0.3 is 4.90 Å². The third-order valence-electron chi connectivity index (χ3n) is 5.26. The summed E-state index contributed by atoms with van der Waals surface area (Å²) in [5.41, 5.74) is 3.44. The predicted molar refractivity (Wildman–Crippen MR) is 108 cm³/mol. The molecular weight excluding hydrogens is 398 g/mol. The van der Waals surface area contributed by atoms with Crippen molar-refractivity contribution >= 4 is 33.4 Å². The van der Waals surface area contributed by atoms with Gasteiger partial charge in [0.25, 0.3) is 5.91 Å². The van der Waals surface area contributed by atoms with Crippen LogP contribution < -0.4 is 0 Å². The summed E-state index contributed by atoms with van der Waals surface area (Å²) in [6.07, 6.45) is 4.38. The molecule has 0 saturated heterocycles. The molecule has 0 aliphatic heterocycles. The SMILES string of the molecule is CN(C(=O)c1ccc(Cl)cc1)C1CCC(c2ccc(CBr)cc2)CC1. The number of halogens is 2. The fourth-order valence-corrected chi connectivity index (χ4v) is 4.14. The average molecular weight is 421 g/mol. The molecule has 4 heteroatoms. The number of carbonyl (C=O) groups excluding carboxylic acids is 1. The highest BCUT2D eigenvalue weighted by Crippen LogP contribution is 2.35. The van der Waals surface area contributed by atoms with Crippen LogP contribution >= 0.6 is 27.5 Å². The van der Waals surface area contributed by atoms with Crippen LogP contribution in [0.25, 0.3) is 0 Å². The lowest BCUT2D eigenvalue weighted by atomic mass is 9.81. The van der Waals surface area contributed by atoms with E-state index in [1.165, 1.54) is 11.1 Å². The van der Waals surface area contributed by atoms with Gasteiger partial charge in [-0.1, -0.05) is 51.8 Å². The Hall–Kier alpha value is -1.32. The van der Waals surface area contributed by atoms with E-state index in [0.29, 0.717) is 22.5 Å². The van der Waals surface area contributed by atoms with Gasteiger partial charge in [0.05, 0.1) is 0 Å². The third kappa shape index (κ3) is 4.45. The smallest absolute Gasteiger partial charge is 0.253 e. The van der Waals surface area contributed by atoms with Gasteiger partial charge in [-0.15, -0.1) is 0 Å². The molecule has 0 spiro atoms. The van der Waals surface area contributed by atoms with E-state index in [-0.39, 0.29) is 5.91 Å². The molecule has 0 radical (unpaired) electrons. The summed E-state index contributed by atoms with van der Waals surface area (Å²) in [4.78, 5) is 14.6. The maximum absolute atomic E-state index is 12.7. The maximum Gasteiger partial charge on any atom is 0.253 e. The first-order valence-electron chi connectivity index (χ1n) is 8.76. The van der Waals surface area contributed by atoms with Crippen molar-refractivity contribution in [3.8, 4) is 0 Å². The Morgan fingerprint density at radius 1 is 1.04 bits per heavy atom. The van der Waals surface area contributed by atoms with Crippen molar-refractivity contribution in [3.63, 3.8) is 0 Å². The van der Waals surface area contributed by atoms with E-state index in [1.54, 1.807) is 24.3 Å². The zero-order chi connectivity index (χ0) is 17.8. The van der Waals surface area contributed by atoms with Crippen LogP contribution in [0.4, 0.5) is 0 Å². The molecule has 0 atom stereocenters. The molecule has 25 heavy (non-hydrogen) atoms. The summed E-state index contributed by atoms with van der Waals surface area (Å²) >= 11 is 9.40. The summed E-state index contributed by atoms with van der Waals surface area (Å²) in [6, 6.07) is 16.4. The van der Waals surface area contributed by atoms with E-state index < -0.39 is 0 Å². The van der Waals surface area contributed by atoms with Crippen molar-refractivity contribution in [2.45, 2.75) is 43.0 Å². The molecule has 132 valence electrons. The van der Waals surface area contributed by atoms with Crippen LogP contribution in [0, 0.1) is 0 Å². The number of alkyl halides is 1. The van der Waals surface area contributed by atoms with Gasteiger partial charge in [-0.3, -0.25) is 4.79 Å². The summed E-state index contributed by atoms with van der Waals surface area (Å²) in [5.74, 6) is 0.696. The number of nitrogens with zero attached hydrogens (tertiary/aromatic N) is 1. The second-order valence-electron chi connectivity index (χ2n) is 6.80. The van der Waals surface area contributed by atoms with E-state index in [0.717, 1.165) is 31.0 Å². The van der Waals surface area contributed by atoms with E-state index in [1.807, 2.05) is 11.9 Å². The minimum Gasteiger partial charge on any atom is -0.339 e. The molecule has 1 saturated carbocycles. The normalized spacial score (nSPS) is 20.3. The van der Waals surface area contributed by atoms with Gasteiger partial charge in [0.2, 0.25) is 0 Å². The second-order valence-corrected chi connectivity index (χ2v) is 7.80. The van der Waals surface area contributed by atoms with Crippen LogP contribution in [0.2, 0.25) is 5.02 Å². The van der Waals surface area contributed by atoms with Gasteiger partial charge in [-0.05, 0) is 67.0 Å². The van der Waals surface area contributed by atoms with Crippen molar-refractivity contribution < 1.29 is 4.79 Å². The highest BCUT2D eigenvalue weighted by Gasteiger charge is 2.27. The topological polar surface area (TPSA) is 20.3 Å². The Morgan fingerprint density at radius 3 is 2.20 bits per heavy atom. The summed E-state index contributed by atoms with van der Waals surface area (Å²) < 4.78 is 0. The van der Waals surface area contributed by atoms with Crippen LogP contribution in [-0.4, -0.2) is 23.9 Å². The predicted octanol–water partition coefficient (Wildman–Crippen LogP) is 6.03. The van der Waals surface area contributed by atoms with Gasteiger partial charge in [0.15, 0.2) is 0 Å². The number of hydrogen-bond acceptors (Lipinski definition) is 1. The molecule has 0 aromatic heterocycles. The van der Waals surface area contributed by atoms with Gasteiger partial charge in [0, 0.05) is 29.0 Å². The first kappa shape index (κ1) is 18.5. The molecule has 1 aliphatic carbocycles. The van der Waals surface area contributed by atoms with E-state index in [9.17, 15) is 4.79 Å². The number of hydrogen-bond donors (Lipinski definition) is 0.